The van der Waals surface area contributed by atoms with Gasteiger partial charge in [0.1, 0.15) is 0 Å². The maximum absolute atomic E-state index is 9.58. The van der Waals surface area contributed by atoms with Gasteiger partial charge in [0.05, 0.1) is 6.10 Å². The first-order valence-electron chi connectivity index (χ1n) is 4.76. The molecule has 1 rings (SSSR count). The fourth-order valence-corrected chi connectivity index (χ4v) is 1.66. The maximum atomic E-state index is 9.58. The second-order valence-electron chi connectivity index (χ2n) is 3.51. The minimum atomic E-state index is -0.347. The molecule has 0 saturated heterocycles. The smallest absolute Gasteiger partial charge is 0.0592 e. The second-order valence-corrected chi connectivity index (χ2v) is 3.94. The van der Waals surface area contributed by atoms with Gasteiger partial charge in [-0.2, -0.15) is 0 Å². The van der Waals surface area contributed by atoms with Crippen LogP contribution in [0.4, 0.5) is 0 Å². The number of aliphatic hydroxyl groups excluding tert-OH is 1. The van der Waals surface area contributed by atoms with Gasteiger partial charge in [-0.1, -0.05) is 17.7 Å². The Kier molecular flexibility index (Phi) is 4.39. The summed E-state index contributed by atoms with van der Waals surface area (Å²) in [6, 6.07) is 5.71. The monoisotopic (exact) mass is 213 g/mol. The number of hydrogen-bond acceptors (Lipinski definition) is 2. The van der Waals surface area contributed by atoms with Crippen molar-refractivity contribution in [2.24, 2.45) is 5.73 Å². The van der Waals surface area contributed by atoms with E-state index in [0.717, 1.165) is 16.1 Å². The summed E-state index contributed by atoms with van der Waals surface area (Å²) in [5.41, 5.74) is 7.62. The second kappa shape index (κ2) is 5.35. The molecule has 0 saturated carbocycles. The zero-order chi connectivity index (χ0) is 10.6. The summed E-state index contributed by atoms with van der Waals surface area (Å²) in [7, 11) is 0. The summed E-state index contributed by atoms with van der Waals surface area (Å²) in [6.07, 6.45) is 0.947. The lowest BCUT2D eigenvalue weighted by molar-refractivity contribution is 0.167. The Hall–Kier alpha value is -0.570. The molecule has 3 N–H and O–H groups in total. The van der Waals surface area contributed by atoms with Crippen molar-refractivity contribution >= 4 is 11.6 Å². The first-order chi connectivity index (χ1) is 6.63. The van der Waals surface area contributed by atoms with Gasteiger partial charge in [-0.05, 0) is 49.6 Å². The lowest BCUT2D eigenvalue weighted by Gasteiger charge is -2.11. The molecule has 1 aromatic carbocycles. The molecule has 0 fully saturated rings. The Labute approximate surface area is 89.7 Å². The average Bonchev–Trinajstić information content (AvgIpc) is 2.10. The van der Waals surface area contributed by atoms with Crippen LogP contribution in [-0.4, -0.2) is 17.8 Å². The predicted octanol–water partition coefficient (Wildman–Crippen LogP) is 1.90. The summed E-state index contributed by atoms with van der Waals surface area (Å²) in [5.74, 6) is 0. The van der Waals surface area contributed by atoms with Crippen molar-refractivity contribution in [1.29, 1.82) is 0 Å². The normalized spacial score (nSPS) is 12.9. The summed E-state index contributed by atoms with van der Waals surface area (Å²) in [6.45, 7) is 2.52. The van der Waals surface area contributed by atoms with E-state index in [-0.39, 0.29) is 6.10 Å². The Morgan fingerprint density at radius 2 is 2.21 bits per heavy atom. The summed E-state index contributed by atoms with van der Waals surface area (Å²) < 4.78 is 0. The lowest BCUT2D eigenvalue weighted by Crippen LogP contribution is -2.16. The van der Waals surface area contributed by atoms with E-state index in [2.05, 4.69) is 0 Å². The van der Waals surface area contributed by atoms with Gasteiger partial charge in [0, 0.05) is 5.02 Å². The van der Waals surface area contributed by atoms with Gasteiger partial charge in [0.15, 0.2) is 0 Å². The molecule has 1 atom stereocenters. The number of halogens is 1. The van der Waals surface area contributed by atoms with Crippen LogP contribution in [0.2, 0.25) is 5.02 Å². The van der Waals surface area contributed by atoms with E-state index in [1.54, 1.807) is 0 Å². The van der Waals surface area contributed by atoms with Crippen molar-refractivity contribution in [3.63, 3.8) is 0 Å². The Morgan fingerprint density at radius 3 is 2.79 bits per heavy atom. The third-order valence-corrected chi connectivity index (χ3v) is 2.50. The molecule has 0 aliphatic rings. The van der Waals surface area contributed by atoms with E-state index in [1.807, 2.05) is 25.1 Å². The van der Waals surface area contributed by atoms with Crippen LogP contribution in [0.5, 0.6) is 0 Å². The van der Waals surface area contributed by atoms with Gasteiger partial charge in [0.2, 0.25) is 0 Å². The molecule has 0 aromatic heterocycles. The van der Waals surface area contributed by atoms with Crippen LogP contribution >= 0.6 is 11.6 Å². The number of benzene rings is 1. The highest BCUT2D eigenvalue weighted by Crippen LogP contribution is 2.17. The largest absolute Gasteiger partial charge is 0.393 e. The van der Waals surface area contributed by atoms with Crippen LogP contribution in [0.15, 0.2) is 18.2 Å². The van der Waals surface area contributed by atoms with Crippen molar-refractivity contribution in [3.8, 4) is 0 Å². The number of aliphatic hydroxyl groups is 1. The van der Waals surface area contributed by atoms with Crippen LogP contribution in [0.25, 0.3) is 0 Å². The molecule has 1 unspecified atom stereocenters. The van der Waals surface area contributed by atoms with Crippen LogP contribution in [0.3, 0.4) is 0 Å². The van der Waals surface area contributed by atoms with Crippen molar-refractivity contribution in [3.05, 3.63) is 34.3 Å². The van der Waals surface area contributed by atoms with E-state index in [4.69, 9.17) is 17.3 Å². The molecule has 14 heavy (non-hydrogen) atoms. The van der Waals surface area contributed by atoms with Crippen LogP contribution in [-0.2, 0) is 6.42 Å². The topological polar surface area (TPSA) is 46.2 Å². The highest BCUT2D eigenvalue weighted by molar-refractivity contribution is 6.30. The van der Waals surface area contributed by atoms with E-state index in [9.17, 15) is 5.11 Å². The third kappa shape index (κ3) is 3.29. The van der Waals surface area contributed by atoms with Gasteiger partial charge in [-0.15, -0.1) is 0 Å². The highest BCUT2D eigenvalue weighted by atomic mass is 35.5. The van der Waals surface area contributed by atoms with Gasteiger partial charge in [-0.25, -0.2) is 0 Å². The molecule has 0 bridgehead atoms. The fourth-order valence-electron chi connectivity index (χ4n) is 1.44. The van der Waals surface area contributed by atoms with Crippen molar-refractivity contribution < 1.29 is 5.11 Å². The van der Waals surface area contributed by atoms with E-state index < -0.39 is 0 Å². The Morgan fingerprint density at radius 1 is 1.50 bits per heavy atom. The zero-order valence-electron chi connectivity index (χ0n) is 8.33. The molecule has 0 aliphatic carbocycles. The van der Waals surface area contributed by atoms with Gasteiger partial charge in [-0.3, -0.25) is 0 Å². The average molecular weight is 214 g/mol. The molecule has 78 valence electrons. The van der Waals surface area contributed by atoms with Crippen molar-refractivity contribution in [1.82, 2.24) is 0 Å². The van der Waals surface area contributed by atoms with E-state index in [0.29, 0.717) is 19.4 Å². The van der Waals surface area contributed by atoms with Crippen LogP contribution < -0.4 is 5.73 Å². The molecule has 1 aromatic rings. The van der Waals surface area contributed by atoms with Crippen LogP contribution in [0.1, 0.15) is 17.5 Å². The minimum Gasteiger partial charge on any atom is -0.393 e. The molecule has 2 nitrogen and oxygen atoms in total. The van der Waals surface area contributed by atoms with E-state index in [1.165, 1.54) is 0 Å². The quantitative estimate of drug-likeness (QED) is 0.803. The predicted molar refractivity (Wildman–Crippen MR) is 59.6 cm³/mol. The maximum Gasteiger partial charge on any atom is 0.0592 e. The number of aryl methyl sites for hydroxylation is 1. The minimum absolute atomic E-state index is 0.347. The Balaban J connectivity index is 2.67. The highest BCUT2D eigenvalue weighted by Gasteiger charge is 2.06. The van der Waals surface area contributed by atoms with Crippen molar-refractivity contribution in [2.45, 2.75) is 25.9 Å². The summed E-state index contributed by atoms with van der Waals surface area (Å²) >= 11 is 5.83. The first-order valence-corrected chi connectivity index (χ1v) is 5.14. The molecular formula is C11H16ClNO. The molecular weight excluding hydrogens is 198 g/mol. The standard InChI is InChI=1S/C11H16ClNO/c1-8-6-10(12)3-2-9(8)7-11(14)4-5-13/h2-3,6,11,14H,4-5,7,13H2,1H3. The molecule has 0 heterocycles. The molecule has 0 aliphatic heterocycles. The summed E-state index contributed by atoms with van der Waals surface area (Å²) in [4.78, 5) is 0. The number of nitrogens with two attached hydrogens (primary N) is 1. The molecule has 0 amide bonds. The third-order valence-electron chi connectivity index (χ3n) is 2.26. The van der Waals surface area contributed by atoms with Crippen molar-refractivity contribution in [2.75, 3.05) is 6.54 Å². The fraction of sp³-hybridized carbons (Fsp3) is 0.455. The Bertz CT molecular complexity index is 301. The SMILES string of the molecule is Cc1cc(Cl)ccc1CC(O)CCN. The van der Waals surface area contributed by atoms with Gasteiger partial charge in [0.25, 0.3) is 0 Å². The van der Waals surface area contributed by atoms with Gasteiger partial charge < -0.3 is 10.8 Å². The molecule has 0 spiro atoms. The number of rotatable bonds is 4. The molecule has 3 heteroatoms. The first kappa shape index (κ1) is 11.5. The molecule has 0 radical (unpaired) electrons. The zero-order valence-corrected chi connectivity index (χ0v) is 9.09. The van der Waals surface area contributed by atoms with E-state index >= 15 is 0 Å². The summed E-state index contributed by atoms with van der Waals surface area (Å²) in [5, 5.41) is 10.3. The van der Waals surface area contributed by atoms with Crippen LogP contribution in [0, 0.1) is 6.92 Å². The lowest BCUT2D eigenvalue weighted by atomic mass is 10.0. The number of hydrogen-bond donors (Lipinski definition) is 2. The van der Waals surface area contributed by atoms with Gasteiger partial charge >= 0.3 is 0 Å².